The summed E-state index contributed by atoms with van der Waals surface area (Å²) in [5.41, 5.74) is 7.48. The van der Waals surface area contributed by atoms with Crippen molar-refractivity contribution in [2.45, 2.75) is 27.2 Å². The van der Waals surface area contributed by atoms with E-state index < -0.39 is 5.63 Å². The quantitative estimate of drug-likeness (QED) is 0.283. The van der Waals surface area contributed by atoms with Crippen LogP contribution in [0, 0.1) is 6.92 Å². The van der Waals surface area contributed by atoms with Crippen LogP contribution in [0.3, 0.4) is 0 Å². The van der Waals surface area contributed by atoms with Crippen molar-refractivity contribution in [1.82, 2.24) is 10.9 Å². The predicted octanol–water partition coefficient (Wildman–Crippen LogP) is 3.46. The van der Waals surface area contributed by atoms with Gasteiger partial charge in [0.25, 0.3) is 0 Å². The van der Waals surface area contributed by atoms with Gasteiger partial charge in [-0.05, 0) is 68.4 Å². The average molecular weight is 456 g/mol. The molecule has 0 bridgehead atoms. The van der Waals surface area contributed by atoms with E-state index in [0.29, 0.717) is 36.0 Å². The van der Waals surface area contributed by atoms with Gasteiger partial charge < -0.3 is 19.2 Å². The molecule has 3 rings (SSSR count). The highest BCUT2D eigenvalue weighted by Crippen LogP contribution is 2.28. The molecule has 1 aromatic heterocycles. The van der Waals surface area contributed by atoms with Gasteiger partial charge in [-0.3, -0.25) is 15.6 Å². The van der Waals surface area contributed by atoms with Crippen LogP contribution < -0.4 is 31.3 Å². The van der Waals surface area contributed by atoms with Crippen LogP contribution in [0.25, 0.3) is 11.0 Å². The monoisotopic (exact) mass is 455 g/mol. The number of benzene rings is 2. The number of hydrogen-bond donors (Lipinski definition) is 3. The molecule has 3 N–H and O–H groups in total. The first-order valence-corrected chi connectivity index (χ1v) is 10.6. The van der Waals surface area contributed by atoms with Crippen molar-refractivity contribution in [3.05, 3.63) is 64.0 Å². The Bertz CT molecular complexity index is 1190. The molecule has 0 unspecified atom stereocenters. The summed E-state index contributed by atoms with van der Waals surface area (Å²) in [6, 6.07) is 12.1. The van der Waals surface area contributed by atoms with Crippen LogP contribution in [0.5, 0.6) is 11.5 Å². The molecule has 0 aliphatic rings. The maximum atomic E-state index is 12.3. The molecule has 0 saturated carbocycles. The summed E-state index contributed by atoms with van der Waals surface area (Å²) in [6.07, 6.45) is 0.127. The third-order valence-corrected chi connectivity index (χ3v) is 4.70. The first kappa shape index (κ1) is 23.1. The minimum atomic E-state index is -0.415. The minimum absolute atomic E-state index is 0.127. The van der Waals surface area contributed by atoms with E-state index >= 15 is 0 Å². The molecule has 1 heterocycles. The molecule has 1 amide bonds. The fraction of sp³-hybridized carbons (Fsp3) is 0.261. The van der Waals surface area contributed by atoms with E-state index in [4.69, 9.17) is 26.1 Å². The zero-order valence-electron chi connectivity index (χ0n) is 18.1. The van der Waals surface area contributed by atoms with Gasteiger partial charge in [0.05, 0.1) is 19.6 Å². The highest BCUT2D eigenvalue weighted by molar-refractivity contribution is 7.80. The van der Waals surface area contributed by atoms with Gasteiger partial charge in [-0.2, -0.15) is 0 Å². The predicted molar refractivity (Wildman–Crippen MR) is 127 cm³/mol. The molecule has 32 heavy (non-hydrogen) atoms. The van der Waals surface area contributed by atoms with Crippen LogP contribution in [0.4, 0.5) is 5.69 Å². The largest absolute Gasteiger partial charge is 0.490 e. The molecule has 0 radical (unpaired) electrons. The number of hydrogen-bond acceptors (Lipinski definition) is 6. The van der Waals surface area contributed by atoms with Crippen LogP contribution in [-0.4, -0.2) is 24.2 Å². The fourth-order valence-corrected chi connectivity index (χ4v) is 3.30. The number of aryl methyl sites for hydroxylation is 1. The average Bonchev–Trinajstić information content (AvgIpc) is 2.74. The van der Waals surface area contributed by atoms with Crippen molar-refractivity contribution in [2.24, 2.45) is 0 Å². The van der Waals surface area contributed by atoms with E-state index in [1.54, 1.807) is 24.3 Å². The Morgan fingerprint density at radius 1 is 1.00 bits per heavy atom. The van der Waals surface area contributed by atoms with E-state index in [0.717, 1.165) is 16.5 Å². The molecule has 0 fully saturated rings. The molecule has 3 aromatic rings. The number of carbonyl (C=O) groups is 1. The van der Waals surface area contributed by atoms with Gasteiger partial charge in [0.2, 0.25) is 5.91 Å². The molecule has 168 valence electrons. The normalized spacial score (nSPS) is 10.5. The van der Waals surface area contributed by atoms with Crippen LogP contribution in [0.1, 0.15) is 25.0 Å². The number of nitrogens with one attached hydrogen (secondary N) is 3. The molecule has 0 aliphatic carbocycles. The van der Waals surface area contributed by atoms with Gasteiger partial charge in [0.1, 0.15) is 5.58 Å². The fourth-order valence-electron chi connectivity index (χ4n) is 3.13. The lowest BCUT2D eigenvalue weighted by Gasteiger charge is -2.14. The van der Waals surface area contributed by atoms with Crippen LogP contribution >= 0.6 is 12.2 Å². The molecular formula is C23H25N3O5S. The van der Waals surface area contributed by atoms with Gasteiger partial charge in [-0.25, -0.2) is 4.79 Å². The smallest absolute Gasteiger partial charge is 0.336 e. The first-order valence-electron chi connectivity index (χ1n) is 10.2. The third kappa shape index (κ3) is 5.98. The van der Waals surface area contributed by atoms with Crippen molar-refractivity contribution in [3.63, 3.8) is 0 Å². The van der Waals surface area contributed by atoms with Crippen LogP contribution in [-0.2, 0) is 11.2 Å². The summed E-state index contributed by atoms with van der Waals surface area (Å²) in [7, 11) is 0. The Morgan fingerprint density at radius 3 is 2.50 bits per heavy atom. The second-order valence-electron chi connectivity index (χ2n) is 6.91. The number of thiocarbonyl (C=S) groups is 1. The van der Waals surface area contributed by atoms with Gasteiger partial charge >= 0.3 is 5.63 Å². The molecule has 9 heteroatoms. The Hall–Kier alpha value is -3.59. The Balaban J connectivity index is 1.57. The second-order valence-corrected chi connectivity index (χ2v) is 7.32. The maximum Gasteiger partial charge on any atom is 0.336 e. The molecule has 0 saturated heterocycles. The van der Waals surface area contributed by atoms with E-state index in [9.17, 15) is 9.59 Å². The van der Waals surface area contributed by atoms with E-state index in [2.05, 4.69) is 16.2 Å². The molecule has 0 spiro atoms. The summed E-state index contributed by atoms with van der Waals surface area (Å²) in [6.45, 7) is 6.65. The van der Waals surface area contributed by atoms with E-state index in [1.807, 2.05) is 32.9 Å². The summed E-state index contributed by atoms with van der Waals surface area (Å²) in [5, 5.41) is 3.97. The number of carbonyl (C=O) groups excluding carboxylic acids is 1. The number of amides is 1. The van der Waals surface area contributed by atoms with E-state index in [-0.39, 0.29) is 17.4 Å². The van der Waals surface area contributed by atoms with E-state index in [1.165, 1.54) is 6.07 Å². The highest BCUT2D eigenvalue weighted by Gasteiger charge is 2.10. The van der Waals surface area contributed by atoms with Crippen molar-refractivity contribution in [1.29, 1.82) is 0 Å². The molecule has 8 nitrogen and oxygen atoms in total. The summed E-state index contributed by atoms with van der Waals surface area (Å²) >= 11 is 5.23. The maximum absolute atomic E-state index is 12.3. The van der Waals surface area contributed by atoms with Crippen molar-refractivity contribution < 1.29 is 18.7 Å². The number of ether oxygens (including phenoxy) is 2. The lowest BCUT2D eigenvalue weighted by atomic mass is 10.1. The summed E-state index contributed by atoms with van der Waals surface area (Å²) in [4.78, 5) is 23.9. The molecular weight excluding hydrogens is 430 g/mol. The van der Waals surface area contributed by atoms with Crippen molar-refractivity contribution in [2.75, 3.05) is 18.5 Å². The zero-order chi connectivity index (χ0) is 23.1. The Morgan fingerprint density at radius 2 is 1.75 bits per heavy atom. The third-order valence-electron chi connectivity index (χ3n) is 4.50. The minimum Gasteiger partial charge on any atom is -0.490 e. The zero-order valence-corrected chi connectivity index (χ0v) is 18.9. The van der Waals surface area contributed by atoms with Crippen molar-refractivity contribution >= 4 is 39.9 Å². The van der Waals surface area contributed by atoms with Gasteiger partial charge in [-0.1, -0.05) is 6.07 Å². The Kier molecular flexibility index (Phi) is 7.67. The van der Waals surface area contributed by atoms with Gasteiger partial charge in [0.15, 0.2) is 16.6 Å². The SMILES string of the molecule is CCOc1ccc(CC(=O)NNC(=S)Nc2ccc3c(C)cc(=O)oc3c2)cc1OCC. The molecule has 0 atom stereocenters. The number of fused-ring (bicyclic) bond motifs is 1. The topological polar surface area (TPSA) is 102 Å². The summed E-state index contributed by atoms with van der Waals surface area (Å²) < 4.78 is 16.4. The van der Waals surface area contributed by atoms with Crippen molar-refractivity contribution in [3.8, 4) is 11.5 Å². The summed E-state index contributed by atoms with van der Waals surface area (Å²) in [5.74, 6) is 0.965. The lowest BCUT2D eigenvalue weighted by molar-refractivity contribution is -0.121. The highest BCUT2D eigenvalue weighted by atomic mass is 32.1. The second kappa shape index (κ2) is 10.6. The number of anilines is 1. The van der Waals surface area contributed by atoms with Crippen LogP contribution in [0.15, 0.2) is 51.7 Å². The number of rotatable bonds is 7. The van der Waals surface area contributed by atoms with Gasteiger partial charge in [0, 0.05) is 23.2 Å². The molecule has 2 aromatic carbocycles. The molecule has 0 aliphatic heterocycles. The standard InChI is InChI=1S/C23H25N3O5S/c1-4-29-18-9-6-15(11-20(18)30-5-2)12-21(27)25-26-23(32)24-16-7-8-17-14(3)10-22(28)31-19(17)13-16/h6-11,13H,4-5,12H2,1-3H3,(H,25,27)(H2,24,26,32). The lowest BCUT2D eigenvalue weighted by Crippen LogP contribution is -2.44. The van der Waals surface area contributed by atoms with Crippen LogP contribution in [0.2, 0.25) is 0 Å². The Labute approximate surface area is 190 Å². The van der Waals surface area contributed by atoms with Gasteiger partial charge in [-0.15, -0.1) is 0 Å². The first-order chi connectivity index (χ1) is 15.4. The number of hydrazine groups is 1.